The van der Waals surface area contributed by atoms with E-state index < -0.39 is 0 Å². The molecule has 6 nitrogen and oxygen atoms in total. The number of fused-ring (bicyclic) bond motifs is 1. The molecule has 4 rings (SSSR count). The van der Waals surface area contributed by atoms with Gasteiger partial charge in [0.15, 0.2) is 11.5 Å². The third-order valence-electron chi connectivity index (χ3n) is 4.95. The Balaban J connectivity index is 1.89. The predicted octanol–water partition coefficient (Wildman–Crippen LogP) is 5.17. The highest BCUT2D eigenvalue weighted by molar-refractivity contribution is 5.97. The van der Waals surface area contributed by atoms with Crippen LogP contribution < -0.4 is 14.8 Å². The van der Waals surface area contributed by atoms with Gasteiger partial charge in [-0.3, -0.25) is 4.98 Å². The molecule has 0 saturated carbocycles. The average molecular weight is 384 g/mol. The Morgan fingerprint density at radius 2 is 1.83 bits per heavy atom. The molecule has 0 radical (unpaired) electrons. The van der Waals surface area contributed by atoms with Gasteiger partial charge in [-0.2, -0.15) is 5.26 Å². The molecule has 2 N–H and O–H groups in total. The van der Waals surface area contributed by atoms with E-state index in [-0.39, 0.29) is 0 Å². The van der Waals surface area contributed by atoms with Crippen LogP contribution in [0.5, 0.6) is 11.5 Å². The number of ether oxygens (including phenoxy) is 2. The Morgan fingerprint density at radius 1 is 1.00 bits per heavy atom. The highest BCUT2D eigenvalue weighted by atomic mass is 16.5. The molecule has 0 saturated heterocycles. The third-order valence-corrected chi connectivity index (χ3v) is 4.95. The highest BCUT2D eigenvalue weighted by Crippen LogP contribution is 2.39. The van der Waals surface area contributed by atoms with Crippen molar-refractivity contribution in [2.75, 3.05) is 19.5 Å². The lowest BCUT2D eigenvalue weighted by Crippen LogP contribution is -2.00. The summed E-state index contributed by atoms with van der Waals surface area (Å²) in [6, 6.07) is 14.0. The Bertz CT molecular complexity index is 1240. The minimum absolute atomic E-state index is 0.462. The number of nitrogens with zero attached hydrogens (tertiary/aromatic N) is 2. The Morgan fingerprint density at radius 3 is 2.59 bits per heavy atom. The molecule has 0 atom stereocenters. The Hall–Kier alpha value is -3.98. The lowest BCUT2D eigenvalue weighted by Gasteiger charge is -2.17. The number of benzene rings is 2. The van der Waals surface area contributed by atoms with Crippen LogP contribution >= 0.6 is 0 Å². The number of aromatic amines is 1. The van der Waals surface area contributed by atoms with Crippen molar-refractivity contribution in [3.05, 3.63) is 66.1 Å². The van der Waals surface area contributed by atoms with Crippen LogP contribution in [0.15, 0.2) is 55.0 Å². The van der Waals surface area contributed by atoms with E-state index in [1.54, 1.807) is 26.6 Å². The SMILES string of the molecule is COc1ccc(-c2cncc(C#N)c2Nc2c(C)ccc3[nH]ccc23)cc1OC. The maximum absolute atomic E-state index is 9.71. The predicted molar refractivity (Wildman–Crippen MR) is 114 cm³/mol. The molecule has 0 amide bonds. The molecule has 29 heavy (non-hydrogen) atoms. The number of nitriles is 1. The van der Waals surface area contributed by atoms with Gasteiger partial charge < -0.3 is 19.8 Å². The van der Waals surface area contributed by atoms with Gasteiger partial charge in [-0.15, -0.1) is 0 Å². The van der Waals surface area contributed by atoms with Crippen molar-refractivity contribution in [1.82, 2.24) is 9.97 Å². The summed E-state index contributed by atoms with van der Waals surface area (Å²) in [5, 5.41) is 14.3. The molecule has 144 valence electrons. The average Bonchev–Trinajstić information content (AvgIpc) is 3.24. The molecule has 0 unspecified atom stereocenters. The monoisotopic (exact) mass is 384 g/mol. The molecule has 2 aromatic carbocycles. The normalized spacial score (nSPS) is 10.6. The minimum Gasteiger partial charge on any atom is -0.493 e. The second-order valence-corrected chi connectivity index (χ2v) is 6.61. The van der Waals surface area contributed by atoms with Crippen LogP contribution in [0, 0.1) is 18.3 Å². The second kappa shape index (κ2) is 7.56. The number of nitrogens with one attached hydrogen (secondary N) is 2. The second-order valence-electron chi connectivity index (χ2n) is 6.61. The zero-order chi connectivity index (χ0) is 20.4. The van der Waals surface area contributed by atoms with E-state index in [9.17, 15) is 5.26 Å². The molecule has 0 bridgehead atoms. The standard InChI is InChI=1S/C23H20N4O2/c1-14-4-6-19-17(8-9-26-19)22(14)27-23-16(11-24)12-25-13-18(23)15-5-7-20(28-2)21(10-15)29-3/h4-10,12-13,26H,1-3H3,(H,25,27). The van der Waals surface area contributed by atoms with Gasteiger partial charge in [-0.05, 0) is 42.3 Å². The van der Waals surface area contributed by atoms with Crippen molar-refractivity contribution in [2.24, 2.45) is 0 Å². The van der Waals surface area contributed by atoms with E-state index in [0.29, 0.717) is 22.7 Å². The van der Waals surface area contributed by atoms with Crippen molar-refractivity contribution in [1.29, 1.82) is 5.26 Å². The zero-order valence-electron chi connectivity index (χ0n) is 16.4. The summed E-state index contributed by atoms with van der Waals surface area (Å²) in [5.41, 5.74) is 5.89. The molecule has 2 aromatic heterocycles. The largest absolute Gasteiger partial charge is 0.493 e. The van der Waals surface area contributed by atoms with Crippen LogP contribution in [0.4, 0.5) is 11.4 Å². The molecule has 4 aromatic rings. The minimum atomic E-state index is 0.462. The lowest BCUT2D eigenvalue weighted by atomic mass is 10.0. The van der Waals surface area contributed by atoms with Gasteiger partial charge in [0.05, 0.1) is 31.2 Å². The molecule has 0 aliphatic heterocycles. The van der Waals surface area contributed by atoms with E-state index in [1.165, 1.54) is 0 Å². The summed E-state index contributed by atoms with van der Waals surface area (Å²) in [6.45, 7) is 2.04. The first kappa shape index (κ1) is 18.4. The number of hydrogen-bond donors (Lipinski definition) is 2. The van der Waals surface area contributed by atoms with Crippen LogP contribution in [-0.4, -0.2) is 24.2 Å². The highest BCUT2D eigenvalue weighted by Gasteiger charge is 2.16. The summed E-state index contributed by atoms with van der Waals surface area (Å²) in [6.07, 6.45) is 5.22. The van der Waals surface area contributed by atoms with Crippen LogP contribution in [-0.2, 0) is 0 Å². The quantitative estimate of drug-likeness (QED) is 0.496. The number of aryl methyl sites for hydroxylation is 1. The first-order valence-corrected chi connectivity index (χ1v) is 9.10. The first-order valence-electron chi connectivity index (χ1n) is 9.10. The van der Waals surface area contributed by atoms with Gasteiger partial charge in [0, 0.05) is 35.1 Å². The van der Waals surface area contributed by atoms with Crippen molar-refractivity contribution in [3.63, 3.8) is 0 Å². The number of aromatic nitrogens is 2. The van der Waals surface area contributed by atoms with E-state index in [2.05, 4.69) is 21.4 Å². The molecule has 0 spiro atoms. The van der Waals surface area contributed by atoms with E-state index in [1.807, 2.05) is 49.5 Å². The van der Waals surface area contributed by atoms with Crippen LogP contribution in [0.3, 0.4) is 0 Å². The van der Waals surface area contributed by atoms with Gasteiger partial charge in [0.25, 0.3) is 0 Å². The van der Waals surface area contributed by atoms with Gasteiger partial charge in [-0.25, -0.2) is 0 Å². The molecule has 0 aliphatic rings. The number of rotatable bonds is 5. The van der Waals surface area contributed by atoms with Gasteiger partial charge in [-0.1, -0.05) is 12.1 Å². The zero-order valence-corrected chi connectivity index (χ0v) is 16.4. The van der Waals surface area contributed by atoms with Crippen molar-refractivity contribution < 1.29 is 9.47 Å². The van der Waals surface area contributed by atoms with Crippen molar-refractivity contribution in [2.45, 2.75) is 6.92 Å². The maximum Gasteiger partial charge on any atom is 0.161 e. The summed E-state index contributed by atoms with van der Waals surface area (Å²) in [7, 11) is 3.20. The van der Waals surface area contributed by atoms with Crippen LogP contribution in [0.1, 0.15) is 11.1 Å². The number of methoxy groups -OCH3 is 2. The fourth-order valence-electron chi connectivity index (χ4n) is 3.44. The summed E-state index contributed by atoms with van der Waals surface area (Å²) in [5.74, 6) is 1.25. The van der Waals surface area contributed by atoms with Crippen molar-refractivity contribution >= 4 is 22.3 Å². The molecule has 2 heterocycles. The number of hydrogen-bond acceptors (Lipinski definition) is 5. The first-order chi connectivity index (χ1) is 14.2. The van der Waals surface area contributed by atoms with Crippen LogP contribution in [0.25, 0.3) is 22.0 Å². The summed E-state index contributed by atoms with van der Waals surface area (Å²) in [4.78, 5) is 7.49. The summed E-state index contributed by atoms with van der Waals surface area (Å²) < 4.78 is 10.8. The van der Waals surface area contributed by atoms with Gasteiger partial charge in [0.2, 0.25) is 0 Å². The topological polar surface area (TPSA) is 83.0 Å². The lowest BCUT2D eigenvalue weighted by molar-refractivity contribution is 0.355. The third kappa shape index (κ3) is 3.23. The molecule has 0 fully saturated rings. The maximum atomic E-state index is 9.71. The smallest absolute Gasteiger partial charge is 0.161 e. The van der Waals surface area contributed by atoms with Gasteiger partial charge in [0.1, 0.15) is 6.07 Å². The summed E-state index contributed by atoms with van der Waals surface area (Å²) >= 11 is 0. The molecule has 0 aliphatic carbocycles. The fraction of sp³-hybridized carbons (Fsp3) is 0.130. The Labute approximate surface area is 168 Å². The van der Waals surface area contributed by atoms with E-state index in [4.69, 9.17) is 9.47 Å². The number of H-pyrrole nitrogens is 1. The van der Waals surface area contributed by atoms with E-state index >= 15 is 0 Å². The van der Waals surface area contributed by atoms with Gasteiger partial charge >= 0.3 is 0 Å². The molecular formula is C23H20N4O2. The van der Waals surface area contributed by atoms with Crippen LogP contribution in [0.2, 0.25) is 0 Å². The molecular weight excluding hydrogens is 364 g/mol. The van der Waals surface area contributed by atoms with Crippen molar-refractivity contribution in [3.8, 4) is 28.7 Å². The molecule has 6 heteroatoms. The fourth-order valence-corrected chi connectivity index (χ4v) is 3.44. The van der Waals surface area contributed by atoms with E-state index in [0.717, 1.165) is 33.3 Å². The Kier molecular flexibility index (Phi) is 4.80. The number of anilines is 2. The number of pyridine rings is 1.